The Hall–Kier alpha value is -0.690. The molecule has 0 aromatic heterocycles. The van der Waals surface area contributed by atoms with Gasteiger partial charge in [-0.15, -0.1) is 0 Å². The van der Waals surface area contributed by atoms with Gasteiger partial charge in [-0.3, -0.25) is 4.55 Å². The largest absolute Gasteiger partial charge is 0.286 e. The van der Waals surface area contributed by atoms with E-state index in [4.69, 9.17) is 4.55 Å². The Balaban J connectivity index is 2.08. The Labute approximate surface area is 153 Å². The van der Waals surface area contributed by atoms with E-state index in [-0.39, 0.29) is 11.2 Å². The molecule has 0 saturated heterocycles. The molecule has 1 aliphatic carbocycles. The Morgan fingerprint density at radius 1 is 1.00 bits per heavy atom. The number of hydrogen-bond acceptors (Lipinski definition) is 2. The van der Waals surface area contributed by atoms with Crippen LogP contribution < -0.4 is 0 Å². The molecule has 0 aliphatic heterocycles. The van der Waals surface area contributed by atoms with Crippen molar-refractivity contribution in [1.29, 1.82) is 0 Å². The van der Waals surface area contributed by atoms with Crippen molar-refractivity contribution in [1.82, 2.24) is 0 Å². The van der Waals surface area contributed by atoms with E-state index < -0.39 is 10.1 Å². The molecule has 0 saturated carbocycles. The smallest absolute Gasteiger partial charge is 0.264 e. The van der Waals surface area contributed by atoms with Gasteiger partial charge in [0.1, 0.15) is 0 Å². The van der Waals surface area contributed by atoms with Crippen LogP contribution in [-0.2, 0) is 15.5 Å². The van der Waals surface area contributed by atoms with Crippen molar-refractivity contribution in [2.75, 3.05) is 5.75 Å². The van der Waals surface area contributed by atoms with Crippen molar-refractivity contribution in [2.45, 2.75) is 25.2 Å². The van der Waals surface area contributed by atoms with Crippen molar-refractivity contribution >= 4 is 42.0 Å². The summed E-state index contributed by atoms with van der Waals surface area (Å²) in [4.78, 5) is 0. The van der Waals surface area contributed by atoms with E-state index >= 15 is 0 Å². The van der Waals surface area contributed by atoms with Crippen molar-refractivity contribution in [2.24, 2.45) is 0 Å². The lowest BCUT2D eigenvalue weighted by atomic mass is 9.77. The van der Waals surface area contributed by atoms with Gasteiger partial charge < -0.3 is 0 Å². The highest BCUT2D eigenvalue weighted by molar-refractivity contribution is 9.10. The fourth-order valence-electron chi connectivity index (χ4n) is 3.44. The topological polar surface area (TPSA) is 54.4 Å². The zero-order valence-electron chi connectivity index (χ0n) is 12.5. The lowest BCUT2D eigenvalue weighted by molar-refractivity contribution is 0.470. The molecule has 0 heterocycles. The monoisotopic (exact) mass is 458 g/mol. The van der Waals surface area contributed by atoms with E-state index in [1.807, 2.05) is 12.1 Å². The van der Waals surface area contributed by atoms with Gasteiger partial charge >= 0.3 is 0 Å². The minimum atomic E-state index is -3.93. The Kier molecular flexibility index (Phi) is 4.46. The molecular formula is C17H16Br2O3S. The van der Waals surface area contributed by atoms with Gasteiger partial charge in [-0.25, -0.2) is 0 Å². The SMILES string of the molecule is CC1(CCCS(=O)(=O)O)c2cc(Br)ccc2-c2ccc(Br)cc21. The molecule has 0 bridgehead atoms. The van der Waals surface area contributed by atoms with Gasteiger partial charge in [0.2, 0.25) is 0 Å². The second kappa shape index (κ2) is 5.99. The number of halogens is 2. The summed E-state index contributed by atoms with van der Waals surface area (Å²) in [5.41, 5.74) is 4.48. The van der Waals surface area contributed by atoms with Crippen LogP contribution in [0.2, 0.25) is 0 Å². The van der Waals surface area contributed by atoms with Crippen LogP contribution in [0.15, 0.2) is 45.3 Å². The lowest BCUT2D eigenvalue weighted by Crippen LogP contribution is -2.22. The highest BCUT2D eigenvalue weighted by Gasteiger charge is 2.39. The average Bonchev–Trinajstić information content (AvgIpc) is 2.67. The third-order valence-electron chi connectivity index (χ3n) is 4.52. The maximum Gasteiger partial charge on any atom is 0.264 e. The molecule has 6 heteroatoms. The number of benzene rings is 2. The van der Waals surface area contributed by atoms with Crippen molar-refractivity contribution in [3.8, 4) is 11.1 Å². The van der Waals surface area contributed by atoms with Crippen LogP contribution in [0.25, 0.3) is 11.1 Å². The standard InChI is InChI=1S/C17H16Br2O3S/c1-17(7-2-8-23(20,21)22)15-9-11(18)3-5-13(15)14-6-4-12(19)10-16(14)17/h3-6,9-10H,2,7-8H2,1H3,(H,20,21,22). The van der Waals surface area contributed by atoms with E-state index in [2.05, 4.69) is 63.0 Å². The van der Waals surface area contributed by atoms with Crippen LogP contribution in [0.4, 0.5) is 0 Å². The van der Waals surface area contributed by atoms with Crippen LogP contribution in [0, 0.1) is 0 Å². The van der Waals surface area contributed by atoms with Crippen molar-refractivity contribution in [3.63, 3.8) is 0 Å². The molecule has 1 N–H and O–H groups in total. The van der Waals surface area contributed by atoms with Crippen molar-refractivity contribution < 1.29 is 13.0 Å². The van der Waals surface area contributed by atoms with E-state index in [0.717, 1.165) is 8.95 Å². The molecule has 0 unspecified atom stereocenters. The summed E-state index contributed by atoms with van der Waals surface area (Å²) in [6.07, 6.45) is 1.06. The summed E-state index contributed by atoms with van der Waals surface area (Å²) in [6, 6.07) is 12.5. The molecule has 23 heavy (non-hydrogen) atoms. The maximum absolute atomic E-state index is 11.0. The molecule has 2 aromatic carbocycles. The van der Waals surface area contributed by atoms with Crippen LogP contribution in [0.1, 0.15) is 30.9 Å². The van der Waals surface area contributed by atoms with Gasteiger partial charge in [-0.05, 0) is 59.4 Å². The highest BCUT2D eigenvalue weighted by atomic mass is 79.9. The Morgan fingerprint density at radius 2 is 1.48 bits per heavy atom. The van der Waals surface area contributed by atoms with Gasteiger partial charge in [0.15, 0.2) is 0 Å². The fraction of sp³-hybridized carbons (Fsp3) is 0.294. The number of rotatable bonds is 4. The summed E-state index contributed by atoms with van der Waals surface area (Å²) in [7, 11) is -3.93. The minimum Gasteiger partial charge on any atom is -0.286 e. The third-order valence-corrected chi connectivity index (χ3v) is 6.31. The molecule has 1 aliphatic rings. The number of fused-ring (bicyclic) bond motifs is 3. The van der Waals surface area contributed by atoms with Gasteiger partial charge in [0.05, 0.1) is 5.75 Å². The minimum absolute atomic E-state index is 0.213. The Morgan fingerprint density at radius 3 is 1.91 bits per heavy atom. The summed E-state index contributed by atoms with van der Waals surface area (Å²) < 4.78 is 33.1. The second-order valence-electron chi connectivity index (χ2n) is 6.10. The highest BCUT2D eigenvalue weighted by Crippen LogP contribution is 2.52. The van der Waals surface area contributed by atoms with E-state index in [0.29, 0.717) is 12.8 Å². The molecule has 0 spiro atoms. The molecule has 3 nitrogen and oxygen atoms in total. The first-order chi connectivity index (χ1) is 10.7. The molecule has 0 fully saturated rings. The molecule has 0 amide bonds. The first-order valence-electron chi connectivity index (χ1n) is 7.26. The van der Waals surface area contributed by atoms with Gasteiger partial charge in [-0.2, -0.15) is 8.42 Å². The summed E-state index contributed by atoms with van der Waals surface area (Å²) in [5, 5.41) is 0. The predicted molar refractivity (Wildman–Crippen MR) is 99.4 cm³/mol. The van der Waals surface area contributed by atoms with E-state index in [9.17, 15) is 8.42 Å². The van der Waals surface area contributed by atoms with Crippen molar-refractivity contribution in [3.05, 3.63) is 56.5 Å². The zero-order valence-corrected chi connectivity index (χ0v) is 16.5. The predicted octanol–water partition coefficient (Wildman–Crippen LogP) is 5.17. The van der Waals surface area contributed by atoms with Crippen LogP contribution >= 0.6 is 31.9 Å². The van der Waals surface area contributed by atoms with Gasteiger partial charge in [-0.1, -0.05) is 50.9 Å². The normalized spacial score (nSPS) is 15.3. The van der Waals surface area contributed by atoms with Crippen LogP contribution in [0.5, 0.6) is 0 Å². The van der Waals surface area contributed by atoms with Gasteiger partial charge in [0, 0.05) is 14.4 Å². The fourth-order valence-corrected chi connectivity index (χ4v) is 4.67. The summed E-state index contributed by atoms with van der Waals surface area (Å²) in [5.74, 6) is -0.213. The lowest BCUT2D eigenvalue weighted by Gasteiger charge is -2.27. The third kappa shape index (κ3) is 3.27. The molecule has 122 valence electrons. The van der Waals surface area contributed by atoms with E-state index in [1.165, 1.54) is 22.3 Å². The van der Waals surface area contributed by atoms with Crippen LogP contribution in [0.3, 0.4) is 0 Å². The summed E-state index contributed by atoms with van der Waals surface area (Å²) >= 11 is 7.06. The first-order valence-corrected chi connectivity index (χ1v) is 10.5. The van der Waals surface area contributed by atoms with Crippen LogP contribution in [-0.4, -0.2) is 18.7 Å². The maximum atomic E-state index is 11.0. The number of hydrogen-bond donors (Lipinski definition) is 1. The zero-order chi connectivity index (χ0) is 16.8. The Bertz CT molecular complexity index is 824. The quantitative estimate of drug-likeness (QED) is 0.642. The first kappa shape index (κ1) is 17.1. The molecule has 0 radical (unpaired) electrons. The molecule has 0 atom stereocenters. The molecule has 2 aromatic rings. The molecular weight excluding hydrogens is 444 g/mol. The summed E-state index contributed by atoms with van der Waals surface area (Å²) in [6.45, 7) is 2.14. The molecule has 3 rings (SSSR count). The van der Waals surface area contributed by atoms with E-state index in [1.54, 1.807) is 0 Å². The van der Waals surface area contributed by atoms with Gasteiger partial charge in [0.25, 0.3) is 10.1 Å². The second-order valence-corrected chi connectivity index (χ2v) is 9.50. The average molecular weight is 460 g/mol.